The third-order valence-electron chi connectivity index (χ3n) is 2.88. The van der Waals surface area contributed by atoms with Gasteiger partial charge in [-0.1, -0.05) is 0 Å². The van der Waals surface area contributed by atoms with Gasteiger partial charge in [0.2, 0.25) is 0 Å². The molecule has 0 aromatic heterocycles. The molecule has 92 valence electrons. The van der Waals surface area contributed by atoms with Crippen molar-refractivity contribution in [2.45, 2.75) is 25.6 Å². The average Bonchev–Trinajstić information content (AvgIpc) is 2.38. The Morgan fingerprint density at radius 2 is 2.18 bits per heavy atom. The van der Waals surface area contributed by atoms with Crippen LogP contribution in [-0.2, 0) is 11.3 Å². The van der Waals surface area contributed by atoms with Gasteiger partial charge in [-0.25, -0.2) is 0 Å². The van der Waals surface area contributed by atoms with Crippen LogP contribution in [0.1, 0.15) is 18.4 Å². The second kappa shape index (κ2) is 5.75. The third-order valence-corrected chi connectivity index (χ3v) is 2.88. The van der Waals surface area contributed by atoms with Gasteiger partial charge in [-0.2, -0.15) is 0 Å². The number of non-ortho nitro benzene ring substituents is 1. The molecule has 1 aliphatic rings. The number of hydrogen-bond donors (Lipinski definition) is 1. The minimum atomic E-state index is -0.393. The van der Waals surface area contributed by atoms with E-state index in [1.807, 2.05) is 0 Å². The maximum absolute atomic E-state index is 10.5. The Hall–Kier alpha value is -1.46. The fraction of sp³-hybridized carbons (Fsp3) is 0.500. The second-order valence-corrected chi connectivity index (χ2v) is 4.20. The summed E-state index contributed by atoms with van der Waals surface area (Å²) in [5, 5.41) is 13.8. The molecular formula is C12H16N2O3. The van der Waals surface area contributed by atoms with Gasteiger partial charge >= 0.3 is 0 Å². The van der Waals surface area contributed by atoms with E-state index in [2.05, 4.69) is 5.32 Å². The van der Waals surface area contributed by atoms with Crippen molar-refractivity contribution in [2.75, 3.05) is 13.1 Å². The molecule has 1 unspecified atom stereocenters. The first kappa shape index (κ1) is 12.0. The fourth-order valence-corrected chi connectivity index (χ4v) is 1.89. The predicted molar refractivity (Wildman–Crippen MR) is 63.8 cm³/mol. The fourth-order valence-electron chi connectivity index (χ4n) is 1.89. The number of rotatable bonds is 4. The molecule has 1 aliphatic heterocycles. The maximum atomic E-state index is 10.5. The Morgan fingerprint density at radius 1 is 1.41 bits per heavy atom. The van der Waals surface area contributed by atoms with E-state index in [1.165, 1.54) is 12.1 Å². The molecule has 0 radical (unpaired) electrons. The smallest absolute Gasteiger partial charge is 0.269 e. The van der Waals surface area contributed by atoms with Gasteiger partial charge in [0.1, 0.15) is 0 Å². The highest BCUT2D eigenvalue weighted by atomic mass is 16.6. The molecule has 1 fully saturated rings. The van der Waals surface area contributed by atoms with E-state index in [1.54, 1.807) is 12.1 Å². The van der Waals surface area contributed by atoms with Gasteiger partial charge in [0.15, 0.2) is 0 Å². The SMILES string of the molecule is O=[N+]([O-])c1ccc(COC2CCCNC2)cc1. The molecule has 17 heavy (non-hydrogen) atoms. The number of nitrogens with zero attached hydrogens (tertiary/aromatic N) is 1. The van der Waals surface area contributed by atoms with Crippen LogP contribution < -0.4 is 5.32 Å². The van der Waals surface area contributed by atoms with Crippen LogP contribution in [0.3, 0.4) is 0 Å². The summed E-state index contributed by atoms with van der Waals surface area (Å²) in [5.74, 6) is 0. The molecule has 0 spiro atoms. The van der Waals surface area contributed by atoms with Gasteiger partial charge in [0.05, 0.1) is 17.6 Å². The molecule has 1 aromatic carbocycles. The van der Waals surface area contributed by atoms with Crippen LogP contribution in [0.2, 0.25) is 0 Å². The number of hydrogen-bond acceptors (Lipinski definition) is 4. The molecule has 2 rings (SSSR count). The number of nitro groups is 1. The van der Waals surface area contributed by atoms with Crippen LogP contribution in [-0.4, -0.2) is 24.1 Å². The Balaban J connectivity index is 1.84. The molecule has 1 saturated heterocycles. The van der Waals surface area contributed by atoms with Gasteiger partial charge in [0, 0.05) is 18.7 Å². The van der Waals surface area contributed by atoms with Gasteiger partial charge in [-0.3, -0.25) is 10.1 Å². The zero-order chi connectivity index (χ0) is 12.1. The number of nitro benzene ring substituents is 1. The maximum Gasteiger partial charge on any atom is 0.269 e. The van der Waals surface area contributed by atoms with Crippen LogP contribution >= 0.6 is 0 Å². The lowest BCUT2D eigenvalue weighted by Gasteiger charge is -2.23. The summed E-state index contributed by atoms with van der Waals surface area (Å²) in [4.78, 5) is 10.1. The molecule has 1 aromatic rings. The van der Waals surface area contributed by atoms with Crippen LogP contribution in [0.4, 0.5) is 5.69 Å². The molecule has 5 nitrogen and oxygen atoms in total. The summed E-state index contributed by atoms with van der Waals surface area (Å²) >= 11 is 0. The minimum absolute atomic E-state index is 0.119. The highest BCUT2D eigenvalue weighted by molar-refractivity contribution is 5.32. The summed E-state index contributed by atoms with van der Waals surface area (Å²) < 4.78 is 5.74. The summed E-state index contributed by atoms with van der Waals surface area (Å²) in [6, 6.07) is 6.51. The first-order valence-electron chi connectivity index (χ1n) is 5.81. The van der Waals surface area contributed by atoms with Gasteiger partial charge in [0.25, 0.3) is 5.69 Å². The molecule has 0 bridgehead atoms. The van der Waals surface area contributed by atoms with E-state index in [0.717, 1.165) is 31.5 Å². The summed E-state index contributed by atoms with van der Waals surface area (Å²) in [6.07, 6.45) is 2.49. The van der Waals surface area contributed by atoms with Gasteiger partial charge in [-0.15, -0.1) is 0 Å². The van der Waals surface area contributed by atoms with Gasteiger partial charge < -0.3 is 10.1 Å². The Morgan fingerprint density at radius 3 is 2.76 bits per heavy atom. The van der Waals surface area contributed by atoms with Crippen LogP contribution in [0.5, 0.6) is 0 Å². The number of ether oxygens (including phenoxy) is 1. The minimum Gasteiger partial charge on any atom is -0.372 e. The Kier molecular flexibility index (Phi) is 4.06. The summed E-state index contributed by atoms with van der Waals surface area (Å²) in [6.45, 7) is 2.48. The highest BCUT2D eigenvalue weighted by Crippen LogP contribution is 2.14. The standard InChI is InChI=1S/C12H16N2O3/c15-14(16)11-5-3-10(4-6-11)9-17-12-2-1-7-13-8-12/h3-6,12-13H,1-2,7-9H2. The first-order valence-corrected chi connectivity index (χ1v) is 5.81. The van der Waals surface area contributed by atoms with E-state index in [9.17, 15) is 10.1 Å². The monoisotopic (exact) mass is 236 g/mol. The lowest BCUT2D eigenvalue weighted by atomic mass is 10.1. The van der Waals surface area contributed by atoms with Crippen molar-refractivity contribution in [1.82, 2.24) is 5.32 Å². The summed E-state index contributed by atoms with van der Waals surface area (Å²) in [5.41, 5.74) is 1.09. The third kappa shape index (κ3) is 3.51. The molecule has 5 heteroatoms. The van der Waals surface area contributed by atoms with E-state index in [0.29, 0.717) is 6.61 Å². The highest BCUT2D eigenvalue weighted by Gasteiger charge is 2.13. The largest absolute Gasteiger partial charge is 0.372 e. The summed E-state index contributed by atoms with van der Waals surface area (Å²) in [7, 11) is 0. The van der Waals surface area contributed by atoms with Crippen molar-refractivity contribution in [3.8, 4) is 0 Å². The number of piperidine rings is 1. The molecule has 0 aliphatic carbocycles. The Labute approximate surface area is 99.9 Å². The molecule has 0 amide bonds. The average molecular weight is 236 g/mol. The van der Waals surface area contributed by atoms with Crippen LogP contribution in [0.15, 0.2) is 24.3 Å². The van der Waals surface area contributed by atoms with Crippen molar-refractivity contribution < 1.29 is 9.66 Å². The van der Waals surface area contributed by atoms with E-state index < -0.39 is 4.92 Å². The van der Waals surface area contributed by atoms with Gasteiger partial charge in [-0.05, 0) is 37.1 Å². The molecule has 0 saturated carbocycles. The molecule has 1 N–H and O–H groups in total. The van der Waals surface area contributed by atoms with Crippen molar-refractivity contribution in [2.24, 2.45) is 0 Å². The van der Waals surface area contributed by atoms with E-state index in [4.69, 9.17) is 4.74 Å². The topological polar surface area (TPSA) is 64.4 Å². The lowest BCUT2D eigenvalue weighted by Crippen LogP contribution is -2.35. The normalized spacial score (nSPS) is 20.1. The second-order valence-electron chi connectivity index (χ2n) is 4.20. The quantitative estimate of drug-likeness (QED) is 0.640. The van der Waals surface area contributed by atoms with E-state index in [-0.39, 0.29) is 11.8 Å². The number of benzene rings is 1. The zero-order valence-corrected chi connectivity index (χ0v) is 9.59. The first-order chi connectivity index (χ1) is 8.25. The molecule has 1 atom stereocenters. The Bertz CT molecular complexity index is 372. The van der Waals surface area contributed by atoms with E-state index >= 15 is 0 Å². The lowest BCUT2D eigenvalue weighted by molar-refractivity contribution is -0.384. The van der Waals surface area contributed by atoms with Crippen LogP contribution in [0, 0.1) is 10.1 Å². The van der Waals surface area contributed by atoms with Crippen LogP contribution in [0.25, 0.3) is 0 Å². The number of nitrogens with one attached hydrogen (secondary N) is 1. The zero-order valence-electron chi connectivity index (χ0n) is 9.59. The predicted octanol–water partition coefficient (Wildman–Crippen LogP) is 1.86. The van der Waals surface area contributed by atoms with Crippen molar-refractivity contribution in [1.29, 1.82) is 0 Å². The molecular weight excluding hydrogens is 220 g/mol. The van der Waals surface area contributed by atoms with Crippen molar-refractivity contribution >= 4 is 5.69 Å². The molecule has 1 heterocycles. The van der Waals surface area contributed by atoms with Crippen molar-refractivity contribution in [3.63, 3.8) is 0 Å². The van der Waals surface area contributed by atoms with Crippen molar-refractivity contribution in [3.05, 3.63) is 39.9 Å².